The van der Waals surface area contributed by atoms with Gasteiger partial charge >= 0.3 is 0 Å². The Morgan fingerprint density at radius 3 is 2.63 bits per heavy atom. The molecule has 6 heteroatoms. The van der Waals surface area contributed by atoms with Crippen LogP contribution in [0.1, 0.15) is 46.6 Å². The number of rotatable bonds is 4. The van der Waals surface area contributed by atoms with Crippen LogP contribution in [0.3, 0.4) is 0 Å². The molecule has 1 N–H and O–H groups in total. The molecular weight excluding hydrogens is 366 g/mol. The zero-order valence-electron chi connectivity index (χ0n) is 15.0. The van der Waals surface area contributed by atoms with E-state index in [4.69, 9.17) is 20.8 Å². The molecule has 0 radical (unpaired) electrons. The van der Waals surface area contributed by atoms with Crippen LogP contribution in [-0.2, 0) is 0 Å². The first-order valence-corrected chi connectivity index (χ1v) is 9.18. The molecule has 2 aromatic carbocycles. The first kappa shape index (κ1) is 17.6. The smallest absolute Gasteiger partial charge is 0.288 e. The Hall–Kier alpha value is -2.79. The number of carbonyl (C=O) groups is 1. The molecule has 0 saturated heterocycles. The molecule has 0 aliphatic carbocycles. The predicted octanol–water partition coefficient (Wildman–Crippen LogP) is 4.38. The number of ether oxygens (including phenoxy) is 1. The standard InChI is InChI=1S/C21H18ClNO4/c1-3-8-26-13-6-4-12(5-7-13)18-17-19(24)14-10-15(22)11(2)9-16(14)27-20(17)21(25)23-18/h4-7,9-10,18H,3,8H2,1-2H3,(H,23,25). The van der Waals surface area contributed by atoms with E-state index in [0.717, 1.165) is 23.3 Å². The van der Waals surface area contributed by atoms with Gasteiger partial charge in [0.2, 0.25) is 5.76 Å². The molecule has 1 aliphatic heterocycles. The summed E-state index contributed by atoms with van der Waals surface area (Å²) in [5.41, 5.74) is 2.00. The summed E-state index contributed by atoms with van der Waals surface area (Å²) in [5.74, 6) is 0.413. The van der Waals surface area contributed by atoms with Gasteiger partial charge in [-0.1, -0.05) is 30.7 Å². The highest BCUT2D eigenvalue weighted by Gasteiger charge is 2.36. The van der Waals surface area contributed by atoms with Crippen LogP contribution in [0.5, 0.6) is 5.75 Å². The predicted molar refractivity (Wildman–Crippen MR) is 104 cm³/mol. The van der Waals surface area contributed by atoms with Crippen LogP contribution in [0.4, 0.5) is 0 Å². The minimum absolute atomic E-state index is 0.0607. The maximum absolute atomic E-state index is 13.1. The highest BCUT2D eigenvalue weighted by molar-refractivity contribution is 6.32. The topological polar surface area (TPSA) is 68.5 Å². The number of aryl methyl sites for hydroxylation is 1. The summed E-state index contributed by atoms with van der Waals surface area (Å²) in [5, 5.41) is 3.69. The average molecular weight is 384 g/mol. The van der Waals surface area contributed by atoms with Gasteiger partial charge in [0, 0.05) is 5.02 Å². The highest BCUT2D eigenvalue weighted by Crippen LogP contribution is 2.33. The van der Waals surface area contributed by atoms with Crippen molar-refractivity contribution < 1.29 is 13.9 Å². The fourth-order valence-corrected chi connectivity index (χ4v) is 3.42. The van der Waals surface area contributed by atoms with Gasteiger partial charge in [-0.05, 0) is 48.7 Å². The van der Waals surface area contributed by atoms with Crippen LogP contribution in [0.25, 0.3) is 11.0 Å². The molecule has 4 rings (SSSR count). The summed E-state index contributed by atoms with van der Waals surface area (Å²) < 4.78 is 11.4. The molecule has 0 spiro atoms. The molecule has 0 bridgehead atoms. The van der Waals surface area contributed by atoms with Crippen molar-refractivity contribution in [2.24, 2.45) is 0 Å². The molecule has 1 atom stereocenters. The van der Waals surface area contributed by atoms with Crippen LogP contribution in [0, 0.1) is 6.92 Å². The number of hydrogen-bond acceptors (Lipinski definition) is 4. The van der Waals surface area contributed by atoms with Gasteiger partial charge < -0.3 is 14.5 Å². The monoisotopic (exact) mass is 383 g/mol. The Bertz CT molecular complexity index is 1100. The third-order valence-corrected chi connectivity index (χ3v) is 5.07. The second-order valence-corrected chi connectivity index (χ2v) is 7.00. The Morgan fingerprint density at radius 2 is 1.93 bits per heavy atom. The minimum Gasteiger partial charge on any atom is -0.494 e. The van der Waals surface area contributed by atoms with E-state index in [1.165, 1.54) is 0 Å². The molecule has 1 aromatic heterocycles. The fourth-order valence-electron chi connectivity index (χ4n) is 3.26. The zero-order chi connectivity index (χ0) is 19.1. The van der Waals surface area contributed by atoms with Crippen molar-refractivity contribution in [3.8, 4) is 5.75 Å². The van der Waals surface area contributed by atoms with Crippen LogP contribution in [0.15, 0.2) is 45.6 Å². The lowest BCUT2D eigenvalue weighted by molar-refractivity contribution is 0.0938. The van der Waals surface area contributed by atoms with Crippen LogP contribution >= 0.6 is 11.6 Å². The van der Waals surface area contributed by atoms with Crippen molar-refractivity contribution in [3.63, 3.8) is 0 Å². The average Bonchev–Trinajstić information content (AvgIpc) is 2.99. The lowest BCUT2D eigenvalue weighted by Gasteiger charge is -2.13. The molecule has 2 heterocycles. The molecular formula is C21H18ClNO4. The van der Waals surface area contributed by atoms with E-state index in [0.29, 0.717) is 28.2 Å². The van der Waals surface area contributed by atoms with Gasteiger partial charge in [-0.3, -0.25) is 9.59 Å². The molecule has 3 aromatic rings. The summed E-state index contributed by atoms with van der Waals surface area (Å²) in [4.78, 5) is 25.5. The summed E-state index contributed by atoms with van der Waals surface area (Å²) in [7, 11) is 0. The second kappa shape index (κ2) is 6.74. The van der Waals surface area contributed by atoms with E-state index in [9.17, 15) is 9.59 Å². The first-order valence-electron chi connectivity index (χ1n) is 8.80. The van der Waals surface area contributed by atoms with Crippen LogP contribution in [-0.4, -0.2) is 12.5 Å². The van der Waals surface area contributed by atoms with E-state index >= 15 is 0 Å². The second-order valence-electron chi connectivity index (χ2n) is 6.60. The Labute approximate surface area is 160 Å². The number of halogens is 1. The fraction of sp³-hybridized carbons (Fsp3) is 0.238. The van der Waals surface area contributed by atoms with E-state index < -0.39 is 11.9 Å². The molecule has 0 fully saturated rings. The van der Waals surface area contributed by atoms with Gasteiger partial charge in [0.05, 0.1) is 23.6 Å². The van der Waals surface area contributed by atoms with E-state index in [-0.39, 0.29) is 11.2 Å². The Balaban J connectivity index is 1.82. The summed E-state index contributed by atoms with van der Waals surface area (Å²) in [6.45, 7) is 4.49. The van der Waals surface area contributed by atoms with E-state index in [2.05, 4.69) is 5.32 Å². The maximum Gasteiger partial charge on any atom is 0.288 e. The molecule has 1 amide bonds. The lowest BCUT2D eigenvalue weighted by Crippen LogP contribution is -2.21. The molecule has 1 unspecified atom stereocenters. The van der Waals surface area contributed by atoms with Crippen molar-refractivity contribution in [1.82, 2.24) is 5.32 Å². The van der Waals surface area contributed by atoms with Gasteiger partial charge in [0.15, 0.2) is 5.43 Å². The summed E-state index contributed by atoms with van der Waals surface area (Å²) >= 11 is 6.17. The van der Waals surface area contributed by atoms with Gasteiger partial charge in [0.25, 0.3) is 5.91 Å². The van der Waals surface area contributed by atoms with Gasteiger partial charge in [-0.25, -0.2) is 0 Å². The van der Waals surface area contributed by atoms with Crippen molar-refractivity contribution in [2.45, 2.75) is 26.3 Å². The molecule has 138 valence electrons. The van der Waals surface area contributed by atoms with E-state index in [1.54, 1.807) is 12.1 Å². The quantitative estimate of drug-likeness (QED) is 0.726. The Morgan fingerprint density at radius 1 is 1.19 bits per heavy atom. The lowest BCUT2D eigenvalue weighted by atomic mass is 9.99. The van der Waals surface area contributed by atoms with Crippen LogP contribution < -0.4 is 15.5 Å². The minimum atomic E-state index is -0.562. The third-order valence-electron chi connectivity index (χ3n) is 4.66. The summed E-state index contributed by atoms with van der Waals surface area (Å²) in [6.07, 6.45) is 0.921. The van der Waals surface area contributed by atoms with Crippen molar-refractivity contribution in [3.05, 3.63) is 74.1 Å². The number of amides is 1. The third kappa shape index (κ3) is 2.98. The van der Waals surface area contributed by atoms with Gasteiger partial charge in [-0.15, -0.1) is 0 Å². The van der Waals surface area contributed by atoms with E-state index in [1.807, 2.05) is 38.1 Å². The normalized spacial score (nSPS) is 15.7. The molecule has 5 nitrogen and oxygen atoms in total. The number of fused-ring (bicyclic) bond motifs is 2. The molecule has 0 saturated carbocycles. The number of hydrogen-bond donors (Lipinski definition) is 1. The molecule has 1 aliphatic rings. The van der Waals surface area contributed by atoms with Gasteiger partial charge in [0.1, 0.15) is 11.3 Å². The van der Waals surface area contributed by atoms with Crippen LogP contribution in [0.2, 0.25) is 5.02 Å². The number of carbonyl (C=O) groups excluding carboxylic acids is 1. The van der Waals surface area contributed by atoms with Gasteiger partial charge in [-0.2, -0.15) is 0 Å². The Kier molecular flexibility index (Phi) is 4.40. The number of nitrogens with one attached hydrogen (secondary N) is 1. The van der Waals surface area contributed by atoms with Crippen molar-refractivity contribution in [2.75, 3.05) is 6.61 Å². The maximum atomic E-state index is 13.1. The highest BCUT2D eigenvalue weighted by atomic mass is 35.5. The SMILES string of the molecule is CCCOc1ccc(C2NC(=O)c3oc4cc(C)c(Cl)cc4c(=O)c32)cc1. The van der Waals surface area contributed by atoms with Crippen molar-refractivity contribution >= 4 is 28.5 Å². The zero-order valence-corrected chi connectivity index (χ0v) is 15.7. The van der Waals surface area contributed by atoms with Crippen molar-refractivity contribution in [1.29, 1.82) is 0 Å². The first-order chi connectivity index (χ1) is 13.0. The largest absolute Gasteiger partial charge is 0.494 e. The summed E-state index contributed by atoms with van der Waals surface area (Å²) in [6, 6.07) is 10.1. The number of benzene rings is 2. The molecule has 27 heavy (non-hydrogen) atoms.